The second-order valence-corrected chi connectivity index (χ2v) is 10.6. The molecule has 4 rings (SSSR count). The highest BCUT2D eigenvalue weighted by Crippen LogP contribution is 2.42. The van der Waals surface area contributed by atoms with Crippen molar-refractivity contribution in [1.29, 1.82) is 0 Å². The van der Waals surface area contributed by atoms with Gasteiger partial charge < -0.3 is 15.1 Å². The average Bonchev–Trinajstić information content (AvgIpc) is 3.09. The molecule has 1 aliphatic carbocycles. The molecule has 180 valence electrons. The zero-order valence-electron chi connectivity index (χ0n) is 20.4. The summed E-state index contributed by atoms with van der Waals surface area (Å²) in [6.45, 7) is 8.16. The van der Waals surface area contributed by atoms with E-state index < -0.39 is 5.92 Å². The van der Waals surface area contributed by atoms with Crippen LogP contribution in [0.1, 0.15) is 77.2 Å². The summed E-state index contributed by atoms with van der Waals surface area (Å²) in [5.41, 5.74) is 1.92. The molecule has 1 saturated heterocycles. The van der Waals surface area contributed by atoms with Crippen LogP contribution in [0.3, 0.4) is 0 Å². The molecule has 2 amide bonds. The molecule has 0 bridgehead atoms. The predicted octanol–water partition coefficient (Wildman–Crippen LogP) is 3.89. The van der Waals surface area contributed by atoms with Gasteiger partial charge in [-0.25, -0.2) is 0 Å². The molecular formula is C27H39N3O3. The van der Waals surface area contributed by atoms with E-state index in [0.717, 1.165) is 49.0 Å². The minimum Gasteiger partial charge on any atom is -0.349 e. The van der Waals surface area contributed by atoms with Gasteiger partial charge in [-0.15, -0.1) is 0 Å². The molecule has 0 aromatic heterocycles. The number of carbonyl (C=O) groups excluding carboxylic acids is 3. The summed E-state index contributed by atoms with van der Waals surface area (Å²) in [6.07, 6.45) is 7.40. The van der Waals surface area contributed by atoms with E-state index in [2.05, 4.69) is 24.1 Å². The zero-order valence-corrected chi connectivity index (χ0v) is 20.4. The SMILES string of the molecule is CC(=O)NCC(=O)CC1C(=O)N(C2CCN([C@H]3CC[C@@H](C(C)C)CC3)CC2)c2ccccc21. The largest absolute Gasteiger partial charge is 0.349 e. The average molecular weight is 454 g/mol. The number of rotatable bonds is 7. The van der Waals surface area contributed by atoms with E-state index in [4.69, 9.17) is 0 Å². The van der Waals surface area contributed by atoms with Crippen LogP contribution < -0.4 is 10.2 Å². The van der Waals surface area contributed by atoms with Gasteiger partial charge in [0.1, 0.15) is 0 Å². The number of ketones is 1. The Kier molecular flexibility index (Phi) is 7.52. The summed E-state index contributed by atoms with van der Waals surface area (Å²) >= 11 is 0. The first-order valence-electron chi connectivity index (χ1n) is 12.8. The molecule has 2 fully saturated rings. The van der Waals surface area contributed by atoms with E-state index in [0.29, 0.717) is 6.04 Å². The van der Waals surface area contributed by atoms with Crippen LogP contribution in [-0.4, -0.2) is 54.2 Å². The minimum absolute atomic E-state index is 0.0152. The van der Waals surface area contributed by atoms with Gasteiger partial charge in [0, 0.05) is 44.2 Å². The van der Waals surface area contributed by atoms with E-state index in [1.165, 1.54) is 32.6 Å². The number of hydrogen-bond acceptors (Lipinski definition) is 4. The lowest BCUT2D eigenvalue weighted by atomic mass is 9.79. The van der Waals surface area contributed by atoms with Gasteiger partial charge in [0.25, 0.3) is 0 Å². The third-order valence-corrected chi connectivity index (χ3v) is 8.14. The summed E-state index contributed by atoms with van der Waals surface area (Å²) in [5, 5.41) is 2.56. The smallest absolute Gasteiger partial charge is 0.235 e. The molecule has 1 unspecified atom stereocenters. The van der Waals surface area contributed by atoms with Crippen LogP contribution >= 0.6 is 0 Å². The third-order valence-electron chi connectivity index (χ3n) is 8.14. The predicted molar refractivity (Wildman–Crippen MR) is 130 cm³/mol. The van der Waals surface area contributed by atoms with Gasteiger partial charge in [-0.1, -0.05) is 32.0 Å². The van der Waals surface area contributed by atoms with Crippen molar-refractivity contribution in [1.82, 2.24) is 10.2 Å². The zero-order chi connectivity index (χ0) is 23.5. The quantitative estimate of drug-likeness (QED) is 0.680. The summed E-state index contributed by atoms with van der Waals surface area (Å²) in [6, 6.07) is 8.80. The number of Topliss-reactive ketones (excluding diaryl/α,β-unsaturated/α-hetero) is 1. The van der Waals surface area contributed by atoms with Crippen LogP contribution in [0, 0.1) is 11.8 Å². The first kappa shape index (κ1) is 23.9. The summed E-state index contributed by atoms with van der Waals surface area (Å²) < 4.78 is 0. The number of carbonyl (C=O) groups is 3. The molecule has 1 aromatic carbocycles. The Hall–Kier alpha value is -2.21. The van der Waals surface area contributed by atoms with Crippen molar-refractivity contribution in [2.45, 2.75) is 83.7 Å². The molecule has 33 heavy (non-hydrogen) atoms. The first-order valence-corrected chi connectivity index (χ1v) is 12.8. The number of piperidine rings is 1. The van der Waals surface area contributed by atoms with Gasteiger partial charge in [-0.05, 0) is 62.0 Å². The number of benzene rings is 1. The van der Waals surface area contributed by atoms with Crippen molar-refractivity contribution >= 4 is 23.3 Å². The van der Waals surface area contributed by atoms with E-state index in [1.54, 1.807) is 0 Å². The second-order valence-electron chi connectivity index (χ2n) is 10.6. The van der Waals surface area contributed by atoms with Crippen molar-refractivity contribution < 1.29 is 14.4 Å². The lowest BCUT2D eigenvalue weighted by molar-refractivity contribution is -0.126. The molecule has 3 aliphatic rings. The lowest BCUT2D eigenvalue weighted by Gasteiger charge is -2.43. The number of hydrogen-bond donors (Lipinski definition) is 1. The van der Waals surface area contributed by atoms with Gasteiger partial charge in [0.05, 0.1) is 12.5 Å². The number of likely N-dealkylation sites (tertiary alicyclic amines) is 1. The molecule has 1 saturated carbocycles. The van der Waals surface area contributed by atoms with Crippen LogP contribution in [-0.2, 0) is 14.4 Å². The number of nitrogens with one attached hydrogen (secondary N) is 1. The molecule has 1 atom stereocenters. The molecule has 6 nitrogen and oxygen atoms in total. The fourth-order valence-corrected chi connectivity index (χ4v) is 6.16. The number of amides is 2. The van der Waals surface area contributed by atoms with E-state index in [1.807, 2.05) is 29.2 Å². The molecule has 0 radical (unpaired) electrons. The van der Waals surface area contributed by atoms with Crippen molar-refractivity contribution in [2.75, 3.05) is 24.5 Å². The van der Waals surface area contributed by atoms with Crippen LogP contribution in [0.2, 0.25) is 0 Å². The van der Waals surface area contributed by atoms with Gasteiger partial charge >= 0.3 is 0 Å². The molecule has 6 heteroatoms. The van der Waals surface area contributed by atoms with Crippen molar-refractivity contribution in [3.63, 3.8) is 0 Å². The van der Waals surface area contributed by atoms with Crippen LogP contribution in [0.25, 0.3) is 0 Å². The third kappa shape index (κ3) is 5.32. The van der Waals surface area contributed by atoms with Crippen molar-refractivity contribution in [2.24, 2.45) is 11.8 Å². The molecule has 2 aliphatic heterocycles. The van der Waals surface area contributed by atoms with E-state index in [9.17, 15) is 14.4 Å². The molecule has 2 heterocycles. The van der Waals surface area contributed by atoms with Gasteiger partial charge in [0.15, 0.2) is 5.78 Å². The number of nitrogens with zero attached hydrogens (tertiary/aromatic N) is 2. The van der Waals surface area contributed by atoms with E-state index >= 15 is 0 Å². The molecular weight excluding hydrogens is 414 g/mol. The number of anilines is 1. The number of fused-ring (bicyclic) bond motifs is 1. The van der Waals surface area contributed by atoms with Gasteiger partial charge in [-0.3, -0.25) is 14.4 Å². The summed E-state index contributed by atoms with van der Waals surface area (Å²) in [7, 11) is 0. The lowest BCUT2D eigenvalue weighted by Crippen LogP contribution is -2.50. The molecule has 1 aromatic rings. The molecule has 0 spiro atoms. The minimum atomic E-state index is -0.438. The fourth-order valence-electron chi connectivity index (χ4n) is 6.16. The van der Waals surface area contributed by atoms with Crippen molar-refractivity contribution in [3.8, 4) is 0 Å². The van der Waals surface area contributed by atoms with Gasteiger partial charge in [-0.2, -0.15) is 0 Å². The standard InChI is InChI=1S/C27H39N3O3/c1-18(2)20-8-10-21(11-9-20)29-14-12-22(13-15-29)30-26-7-5-4-6-24(26)25(27(30)33)16-23(32)17-28-19(3)31/h4-7,18,20-22,25H,8-17H2,1-3H3,(H,28,31)/t20-,21+,25?. The topological polar surface area (TPSA) is 69.7 Å². The Balaban J connectivity index is 1.38. The van der Waals surface area contributed by atoms with Gasteiger partial charge in [0.2, 0.25) is 11.8 Å². The summed E-state index contributed by atoms with van der Waals surface area (Å²) in [4.78, 5) is 41.7. The Morgan fingerprint density at radius 3 is 2.30 bits per heavy atom. The molecule has 1 N–H and O–H groups in total. The second kappa shape index (κ2) is 10.4. The van der Waals surface area contributed by atoms with Crippen LogP contribution in [0.4, 0.5) is 5.69 Å². The van der Waals surface area contributed by atoms with Crippen LogP contribution in [0.5, 0.6) is 0 Å². The Labute approximate surface area is 198 Å². The fraction of sp³-hybridized carbons (Fsp3) is 0.667. The maximum absolute atomic E-state index is 13.5. The number of para-hydroxylation sites is 1. The Morgan fingerprint density at radius 2 is 1.67 bits per heavy atom. The maximum Gasteiger partial charge on any atom is 0.235 e. The Bertz CT molecular complexity index is 867. The monoisotopic (exact) mass is 453 g/mol. The normalized spacial score (nSPS) is 26.5. The highest BCUT2D eigenvalue weighted by Gasteiger charge is 2.42. The van der Waals surface area contributed by atoms with E-state index in [-0.39, 0.29) is 36.6 Å². The summed E-state index contributed by atoms with van der Waals surface area (Å²) in [5.74, 6) is 0.938. The highest BCUT2D eigenvalue weighted by atomic mass is 16.2. The van der Waals surface area contributed by atoms with Crippen LogP contribution in [0.15, 0.2) is 24.3 Å². The first-order chi connectivity index (χ1) is 15.8. The highest BCUT2D eigenvalue weighted by molar-refractivity contribution is 6.07. The maximum atomic E-state index is 13.5. The van der Waals surface area contributed by atoms with Crippen molar-refractivity contribution in [3.05, 3.63) is 29.8 Å². The Morgan fingerprint density at radius 1 is 1.00 bits per heavy atom.